The number of rotatable bonds is 7. The van der Waals surface area contributed by atoms with E-state index in [0.717, 1.165) is 6.54 Å². The molecule has 0 fully saturated rings. The second-order valence-corrected chi connectivity index (χ2v) is 6.50. The molecule has 4 nitrogen and oxygen atoms in total. The summed E-state index contributed by atoms with van der Waals surface area (Å²) in [7, 11) is -3.36. The maximum atomic E-state index is 11.8. The molecule has 0 aliphatic carbocycles. The van der Waals surface area contributed by atoms with Gasteiger partial charge in [0.1, 0.15) is 0 Å². The second kappa shape index (κ2) is 7.19. The highest BCUT2D eigenvalue weighted by Crippen LogP contribution is 2.23. The Kier molecular flexibility index (Phi) is 6.21. The highest BCUT2D eigenvalue weighted by molar-refractivity contribution is 7.92. The second-order valence-electron chi connectivity index (χ2n) is 3.79. The summed E-state index contributed by atoms with van der Waals surface area (Å²) in [5.41, 5.74) is 0.385. The van der Waals surface area contributed by atoms with E-state index in [0.29, 0.717) is 28.7 Å². The Labute approximate surface area is 118 Å². The summed E-state index contributed by atoms with van der Waals surface area (Å²) in [4.78, 5) is 0. The third-order valence-corrected chi connectivity index (χ3v) is 3.96. The van der Waals surface area contributed by atoms with Crippen LogP contribution in [0.4, 0.5) is 5.69 Å². The van der Waals surface area contributed by atoms with Crippen LogP contribution in [0.3, 0.4) is 0 Å². The zero-order valence-corrected chi connectivity index (χ0v) is 12.4. The minimum Gasteiger partial charge on any atom is -0.317 e. The fourth-order valence-corrected chi connectivity index (χ4v) is 3.04. The SMILES string of the molecule is CCNCCCS(=O)(=O)Nc1cc(Cl)cc(Cl)c1. The Hall–Kier alpha value is -0.490. The van der Waals surface area contributed by atoms with E-state index in [1.165, 1.54) is 12.1 Å². The van der Waals surface area contributed by atoms with Gasteiger partial charge in [-0.3, -0.25) is 4.72 Å². The first-order valence-electron chi connectivity index (χ1n) is 5.60. The van der Waals surface area contributed by atoms with E-state index >= 15 is 0 Å². The number of hydrogen-bond acceptors (Lipinski definition) is 3. The molecule has 0 amide bonds. The first-order valence-corrected chi connectivity index (χ1v) is 8.01. The quantitative estimate of drug-likeness (QED) is 0.761. The third kappa shape index (κ3) is 5.91. The summed E-state index contributed by atoms with van der Waals surface area (Å²) in [5, 5.41) is 3.86. The number of anilines is 1. The van der Waals surface area contributed by atoms with Crippen LogP contribution in [0.1, 0.15) is 13.3 Å². The van der Waals surface area contributed by atoms with Gasteiger partial charge in [-0.05, 0) is 37.7 Å². The van der Waals surface area contributed by atoms with Gasteiger partial charge >= 0.3 is 0 Å². The Morgan fingerprint density at radius 1 is 1.17 bits per heavy atom. The molecule has 0 spiro atoms. The summed E-state index contributed by atoms with van der Waals surface area (Å²) in [5.74, 6) is 0.0597. The van der Waals surface area contributed by atoms with Gasteiger partial charge in [-0.25, -0.2) is 8.42 Å². The molecule has 102 valence electrons. The van der Waals surface area contributed by atoms with E-state index in [2.05, 4.69) is 10.0 Å². The molecule has 2 N–H and O–H groups in total. The van der Waals surface area contributed by atoms with Crippen LogP contribution in [0.2, 0.25) is 10.0 Å². The van der Waals surface area contributed by atoms with Crippen molar-refractivity contribution < 1.29 is 8.42 Å². The normalized spacial score (nSPS) is 11.5. The van der Waals surface area contributed by atoms with Crippen molar-refractivity contribution in [2.75, 3.05) is 23.6 Å². The topological polar surface area (TPSA) is 58.2 Å². The lowest BCUT2D eigenvalue weighted by Crippen LogP contribution is -2.21. The van der Waals surface area contributed by atoms with Crippen LogP contribution < -0.4 is 10.0 Å². The number of benzene rings is 1. The van der Waals surface area contributed by atoms with E-state index in [1.54, 1.807) is 6.07 Å². The summed E-state index contributed by atoms with van der Waals surface area (Å²) in [6.45, 7) is 3.48. The monoisotopic (exact) mass is 310 g/mol. The van der Waals surface area contributed by atoms with Gasteiger partial charge in [0.25, 0.3) is 0 Å². The fourth-order valence-electron chi connectivity index (χ4n) is 1.41. The minimum absolute atomic E-state index is 0.0597. The molecule has 18 heavy (non-hydrogen) atoms. The molecule has 0 aromatic heterocycles. The molecule has 1 aromatic rings. The van der Waals surface area contributed by atoms with Gasteiger partial charge in [0.05, 0.1) is 11.4 Å². The average Bonchev–Trinajstić information content (AvgIpc) is 2.22. The van der Waals surface area contributed by atoms with E-state index in [1.807, 2.05) is 6.92 Å². The van der Waals surface area contributed by atoms with E-state index in [4.69, 9.17) is 23.2 Å². The maximum Gasteiger partial charge on any atom is 0.232 e. The molecule has 7 heteroatoms. The molecule has 1 rings (SSSR count). The highest BCUT2D eigenvalue weighted by atomic mass is 35.5. The van der Waals surface area contributed by atoms with Crippen LogP contribution in [-0.4, -0.2) is 27.3 Å². The van der Waals surface area contributed by atoms with Crippen LogP contribution in [0.25, 0.3) is 0 Å². The Morgan fingerprint density at radius 2 is 1.78 bits per heavy atom. The zero-order valence-electron chi connectivity index (χ0n) is 10.0. The van der Waals surface area contributed by atoms with Crippen LogP contribution in [0.15, 0.2) is 18.2 Å². The van der Waals surface area contributed by atoms with Crippen LogP contribution in [0.5, 0.6) is 0 Å². The van der Waals surface area contributed by atoms with E-state index in [9.17, 15) is 8.42 Å². The Morgan fingerprint density at radius 3 is 2.33 bits per heavy atom. The maximum absolute atomic E-state index is 11.8. The first kappa shape index (κ1) is 15.6. The van der Waals surface area contributed by atoms with Gasteiger partial charge in [-0.2, -0.15) is 0 Å². The summed E-state index contributed by atoms with van der Waals surface area (Å²) in [6.07, 6.45) is 0.553. The minimum atomic E-state index is -3.36. The van der Waals surface area contributed by atoms with E-state index in [-0.39, 0.29) is 5.75 Å². The van der Waals surface area contributed by atoms with Crippen LogP contribution in [-0.2, 0) is 10.0 Å². The predicted molar refractivity (Wildman–Crippen MR) is 77.0 cm³/mol. The van der Waals surface area contributed by atoms with Crippen molar-refractivity contribution in [2.24, 2.45) is 0 Å². The van der Waals surface area contributed by atoms with Crippen molar-refractivity contribution in [2.45, 2.75) is 13.3 Å². The third-order valence-electron chi connectivity index (χ3n) is 2.15. The number of hydrogen-bond donors (Lipinski definition) is 2. The predicted octanol–water partition coefficient (Wildman–Crippen LogP) is 2.73. The van der Waals surface area contributed by atoms with Crippen molar-refractivity contribution in [3.8, 4) is 0 Å². The fraction of sp³-hybridized carbons (Fsp3) is 0.455. The molecule has 0 aliphatic rings. The van der Waals surface area contributed by atoms with Gasteiger partial charge in [0, 0.05) is 10.0 Å². The number of nitrogens with one attached hydrogen (secondary N) is 2. The Bertz CT molecular complexity index is 472. The van der Waals surface area contributed by atoms with Crippen molar-refractivity contribution >= 4 is 38.9 Å². The molecule has 0 saturated carbocycles. The summed E-state index contributed by atoms with van der Waals surface area (Å²) >= 11 is 11.6. The van der Waals surface area contributed by atoms with Gasteiger partial charge in [0.15, 0.2) is 0 Å². The van der Waals surface area contributed by atoms with Gasteiger partial charge in [-0.1, -0.05) is 30.1 Å². The van der Waals surface area contributed by atoms with Crippen molar-refractivity contribution in [1.82, 2.24) is 5.32 Å². The summed E-state index contributed by atoms with van der Waals surface area (Å²) < 4.78 is 26.0. The van der Waals surface area contributed by atoms with Crippen molar-refractivity contribution in [3.63, 3.8) is 0 Å². The van der Waals surface area contributed by atoms with Crippen molar-refractivity contribution in [1.29, 1.82) is 0 Å². The van der Waals surface area contributed by atoms with E-state index < -0.39 is 10.0 Å². The molecule has 1 aromatic carbocycles. The average molecular weight is 311 g/mol. The standard InChI is InChI=1S/C11H16Cl2N2O2S/c1-2-14-4-3-5-18(16,17)15-11-7-9(12)6-10(13)8-11/h6-8,14-15H,2-5H2,1H3. The molecular weight excluding hydrogens is 295 g/mol. The zero-order chi connectivity index (χ0) is 13.6. The van der Waals surface area contributed by atoms with Gasteiger partial charge in [-0.15, -0.1) is 0 Å². The molecule has 0 unspecified atom stereocenters. The number of sulfonamides is 1. The van der Waals surface area contributed by atoms with Crippen LogP contribution in [0, 0.1) is 0 Å². The molecule has 0 atom stereocenters. The molecule has 0 saturated heterocycles. The van der Waals surface area contributed by atoms with Gasteiger partial charge in [0.2, 0.25) is 10.0 Å². The summed E-state index contributed by atoms with van der Waals surface area (Å²) in [6, 6.07) is 4.59. The van der Waals surface area contributed by atoms with Crippen LogP contribution >= 0.6 is 23.2 Å². The van der Waals surface area contributed by atoms with Crippen molar-refractivity contribution in [3.05, 3.63) is 28.2 Å². The first-order chi connectivity index (χ1) is 8.43. The number of halogens is 2. The van der Waals surface area contributed by atoms with Gasteiger partial charge < -0.3 is 5.32 Å². The molecular formula is C11H16Cl2N2O2S. The lowest BCUT2D eigenvalue weighted by molar-refractivity contribution is 0.595. The highest BCUT2D eigenvalue weighted by Gasteiger charge is 2.10. The molecule has 0 aliphatic heterocycles. The largest absolute Gasteiger partial charge is 0.317 e. The molecule has 0 radical (unpaired) electrons. The lowest BCUT2D eigenvalue weighted by Gasteiger charge is -2.09. The lowest BCUT2D eigenvalue weighted by atomic mass is 10.3. The smallest absolute Gasteiger partial charge is 0.232 e. The Balaban J connectivity index is 2.59. The molecule has 0 bridgehead atoms. The molecule has 0 heterocycles.